The molecule has 0 aliphatic carbocycles. The smallest absolute Gasteiger partial charge is 0.287 e. The molecule has 0 bridgehead atoms. The Kier molecular flexibility index (Phi) is 5.69. The lowest BCUT2D eigenvalue weighted by atomic mass is 10.2. The molecule has 7 heteroatoms. The van der Waals surface area contributed by atoms with E-state index in [9.17, 15) is 13.6 Å². The molecule has 0 heterocycles. The fourth-order valence-corrected chi connectivity index (χ4v) is 1.45. The largest absolute Gasteiger partial charge is 0.493 e. The first-order valence-corrected chi connectivity index (χ1v) is 6.01. The highest BCUT2D eigenvalue weighted by molar-refractivity contribution is 5.94. The number of ether oxygens (including phenoxy) is 2. The zero-order valence-corrected chi connectivity index (χ0v) is 11.3. The molecule has 0 aliphatic heterocycles. The van der Waals surface area contributed by atoms with E-state index in [1.165, 1.54) is 25.3 Å². The van der Waals surface area contributed by atoms with E-state index >= 15 is 0 Å². The zero-order chi connectivity index (χ0) is 15.2. The van der Waals surface area contributed by atoms with Crippen molar-refractivity contribution in [3.05, 3.63) is 23.8 Å². The molecule has 1 amide bonds. The van der Waals surface area contributed by atoms with Crippen LogP contribution in [-0.2, 0) is 0 Å². The fraction of sp³-hybridized carbons (Fsp3) is 0.462. The Bertz CT molecular complexity index is 466. The number of carbonyl (C=O) groups is 1. The van der Waals surface area contributed by atoms with E-state index in [0.717, 1.165) is 0 Å². The van der Waals surface area contributed by atoms with Crippen LogP contribution in [0.15, 0.2) is 18.2 Å². The average Bonchev–Trinajstić information content (AvgIpc) is 2.45. The second-order valence-electron chi connectivity index (χ2n) is 4.00. The number of alkyl halides is 2. The summed E-state index contributed by atoms with van der Waals surface area (Å²) in [5, 5.41) is 10.5. The maximum Gasteiger partial charge on any atom is 0.287 e. The van der Waals surface area contributed by atoms with Crippen LogP contribution in [0.4, 0.5) is 8.78 Å². The summed E-state index contributed by atoms with van der Waals surface area (Å²) in [6.45, 7) is -0.0145. The van der Waals surface area contributed by atoms with Crippen LogP contribution in [0.2, 0.25) is 0 Å². The quantitative estimate of drug-likeness (QED) is 0.797. The topological polar surface area (TPSA) is 67.8 Å². The second kappa shape index (κ2) is 7.04. The predicted molar refractivity (Wildman–Crippen MR) is 68.5 cm³/mol. The van der Waals surface area contributed by atoms with E-state index in [1.807, 2.05) is 5.32 Å². The maximum atomic E-state index is 12.8. The number of hydrogen-bond acceptors (Lipinski definition) is 4. The molecule has 1 rings (SSSR count). The highest BCUT2D eigenvalue weighted by Gasteiger charge is 2.28. The Morgan fingerprint density at radius 3 is 2.65 bits per heavy atom. The van der Waals surface area contributed by atoms with Crippen LogP contribution in [0.1, 0.15) is 17.3 Å². The number of methoxy groups -OCH3 is 1. The van der Waals surface area contributed by atoms with Crippen molar-refractivity contribution >= 4 is 5.91 Å². The normalized spacial score (nSPS) is 11.1. The maximum absolute atomic E-state index is 12.8. The lowest BCUT2D eigenvalue weighted by Crippen LogP contribution is -2.38. The van der Waals surface area contributed by atoms with Crippen molar-refractivity contribution in [1.82, 2.24) is 5.32 Å². The van der Waals surface area contributed by atoms with Crippen molar-refractivity contribution < 1.29 is 28.2 Å². The molecule has 2 N–H and O–H groups in total. The number of benzene rings is 1. The van der Waals surface area contributed by atoms with Crippen molar-refractivity contribution in [2.24, 2.45) is 0 Å². The number of halogens is 2. The lowest BCUT2D eigenvalue weighted by Gasteiger charge is -2.15. The molecular weight excluding hydrogens is 272 g/mol. The van der Waals surface area contributed by atoms with Gasteiger partial charge < -0.3 is 19.9 Å². The van der Waals surface area contributed by atoms with Crippen LogP contribution in [0.5, 0.6) is 11.5 Å². The molecule has 0 fully saturated rings. The molecule has 20 heavy (non-hydrogen) atoms. The summed E-state index contributed by atoms with van der Waals surface area (Å²) in [7, 11) is 1.42. The molecule has 0 saturated heterocycles. The summed E-state index contributed by atoms with van der Waals surface area (Å²) in [4.78, 5) is 11.7. The molecular formula is C13H17F2NO4. The highest BCUT2D eigenvalue weighted by atomic mass is 19.3. The van der Waals surface area contributed by atoms with Crippen molar-refractivity contribution in [3.63, 3.8) is 0 Å². The number of aliphatic hydroxyl groups is 1. The summed E-state index contributed by atoms with van der Waals surface area (Å²) < 4.78 is 36.0. The first-order chi connectivity index (χ1) is 9.43. The van der Waals surface area contributed by atoms with E-state index in [1.54, 1.807) is 6.92 Å². The highest BCUT2D eigenvalue weighted by Crippen LogP contribution is 2.28. The van der Waals surface area contributed by atoms with E-state index < -0.39 is 25.0 Å². The number of nitrogens with one attached hydrogen (secondary N) is 1. The van der Waals surface area contributed by atoms with Gasteiger partial charge in [0.1, 0.15) is 6.61 Å². The first-order valence-electron chi connectivity index (χ1n) is 6.01. The third-order valence-corrected chi connectivity index (χ3v) is 2.46. The molecule has 0 unspecified atom stereocenters. The van der Waals surface area contributed by atoms with Crippen LogP contribution in [0.3, 0.4) is 0 Å². The van der Waals surface area contributed by atoms with Crippen LogP contribution < -0.4 is 14.8 Å². The van der Waals surface area contributed by atoms with Crippen LogP contribution in [0.25, 0.3) is 0 Å². The van der Waals surface area contributed by atoms with Crippen molar-refractivity contribution in [3.8, 4) is 11.5 Å². The SMILES string of the molecule is CCOc1ccc(C(=O)NCC(F)(F)CO)cc1OC. The van der Waals surface area contributed by atoms with Gasteiger partial charge in [-0.1, -0.05) is 0 Å². The van der Waals surface area contributed by atoms with Crippen LogP contribution >= 0.6 is 0 Å². The summed E-state index contributed by atoms with van der Waals surface area (Å²) in [5.74, 6) is -3.22. The second-order valence-corrected chi connectivity index (χ2v) is 4.00. The lowest BCUT2D eigenvalue weighted by molar-refractivity contribution is -0.0462. The molecule has 0 atom stereocenters. The summed E-state index contributed by atoms with van der Waals surface area (Å²) in [6, 6.07) is 4.37. The molecule has 0 aliphatic rings. The molecule has 0 aromatic heterocycles. The molecule has 112 valence electrons. The molecule has 0 spiro atoms. The van der Waals surface area contributed by atoms with E-state index in [-0.39, 0.29) is 5.56 Å². The van der Waals surface area contributed by atoms with Gasteiger partial charge in [-0.2, -0.15) is 0 Å². The van der Waals surface area contributed by atoms with E-state index in [4.69, 9.17) is 14.6 Å². The Morgan fingerprint density at radius 1 is 1.40 bits per heavy atom. The molecule has 1 aromatic rings. The molecule has 5 nitrogen and oxygen atoms in total. The summed E-state index contributed by atoms with van der Waals surface area (Å²) in [6.07, 6.45) is 0. The van der Waals surface area contributed by atoms with Crippen molar-refractivity contribution in [1.29, 1.82) is 0 Å². The van der Waals surface area contributed by atoms with Crippen molar-refractivity contribution in [2.75, 3.05) is 26.9 Å². The Labute approximate surface area is 115 Å². The number of rotatable bonds is 7. The van der Waals surface area contributed by atoms with Gasteiger partial charge in [0.25, 0.3) is 11.8 Å². The number of hydrogen-bond donors (Lipinski definition) is 2. The van der Waals surface area contributed by atoms with Crippen LogP contribution in [-0.4, -0.2) is 43.8 Å². The number of carbonyl (C=O) groups excluding carboxylic acids is 1. The Morgan fingerprint density at radius 2 is 2.10 bits per heavy atom. The Balaban J connectivity index is 2.78. The van der Waals surface area contributed by atoms with Gasteiger partial charge in [-0.25, -0.2) is 8.78 Å². The van der Waals surface area contributed by atoms with Gasteiger partial charge in [0.15, 0.2) is 11.5 Å². The van der Waals surface area contributed by atoms with Gasteiger partial charge in [-0.15, -0.1) is 0 Å². The van der Waals surface area contributed by atoms with Gasteiger partial charge in [-0.3, -0.25) is 4.79 Å². The number of aliphatic hydroxyl groups excluding tert-OH is 1. The predicted octanol–water partition coefficient (Wildman–Crippen LogP) is 1.45. The molecule has 0 radical (unpaired) electrons. The van der Waals surface area contributed by atoms with E-state index in [0.29, 0.717) is 18.1 Å². The number of amides is 1. The zero-order valence-electron chi connectivity index (χ0n) is 11.3. The standard InChI is InChI=1S/C13H17F2NO4/c1-3-20-10-5-4-9(6-11(10)19-2)12(18)16-7-13(14,15)8-17/h4-6,17H,3,7-8H2,1-2H3,(H,16,18). The van der Waals surface area contributed by atoms with Gasteiger partial charge in [0, 0.05) is 5.56 Å². The van der Waals surface area contributed by atoms with Gasteiger partial charge in [0.05, 0.1) is 20.3 Å². The first kappa shape index (κ1) is 16.2. The monoisotopic (exact) mass is 289 g/mol. The van der Waals surface area contributed by atoms with Gasteiger partial charge in [-0.05, 0) is 25.1 Å². The fourth-order valence-electron chi connectivity index (χ4n) is 1.45. The summed E-state index contributed by atoms with van der Waals surface area (Å²) >= 11 is 0. The van der Waals surface area contributed by atoms with Gasteiger partial charge >= 0.3 is 0 Å². The molecule has 0 saturated carbocycles. The summed E-state index contributed by atoms with van der Waals surface area (Å²) in [5.41, 5.74) is 0.166. The minimum Gasteiger partial charge on any atom is -0.493 e. The van der Waals surface area contributed by atoms with Gasteiger partial charge in [0.2, 0.25) is 0 Å². The van der Waals surface area contributed by atoms with Crippen molar-refractivity contribution in [2.45, 2.75) is 12.8 Å². The molecule has 1 aromatic carbocycles. The minimum absolute atomic E-state index is 0.166. The van der Waals surface area contributed by atoms with E-state index in [2.05, 4.69) is 0 Å². The minimum atomic E-state index is -3.34. The average molecular weight is 289 g/mol. The third kappa shape index (κ3) is 4.34. The van der Waals surface area contributed by atoms with Crippen LogP contribution in [0, 0.1) is 0 Å². The Hall–Kier alpha value is -1.89. The third-order valence-electron chi connectivity index (χ3n) is 2.46.